The largest absolute Gasteiger partial charge is 0.354 e. The van der Waals surface area contributed by atoms with Crippen molar-refractivity contribution >= 4 is 11.6 Å². The van der Waals surface area contributed by atoms with Crippen LogP contribution in [0.2, 0.25) is 0 Å². The number of Topliss-reactive ketones (excluding diaryl/α,β-unsaturated/α-hetero) is 1. The quantitative estimate of drug-likeness (QED) is 0.780. The lowest BCUT2D eigenvalue weighted by Crippen LogP contribution is -2.34. The summed E-state index contributed by atoms with van der Waals surface area (Å²) in [5.41, 5.74) is 1.13. The van der Waals surface area contributed by atoms with Crippen LogP contribution in [0.3, 0.4) is 0 Å². The Balaban J connectivity index is 1.69. The van der Waals surface area contributed by atoms with Gasteiger partial charge in [0.05, 0.1) is 5.69 Å². The van der Waals surface area contributed by atoms with Crippen molar-refractivity contribution in [2.75, 3.05) is 18.0 Å². The van der Waals surface area contributed by atoms with Gasteiger partial charge in [-0.15, -0.1) is 5.10 Å². The fourth-order valence-corrected chi connectivity index (χ4v) is 2.41. The number of rotatable bonds is 2. The van der Waals surface area contributed by atoms with Gasteiger partial charge in [-0.3, -0.25) is 4.79 Å². The highest BCUT2D eigenvalue weighted by atomic mass is 16.1. The van der Waals surface area contributed by atoms with Gasteiger partial charge < -0.3 is 4.90 Å². The van der Waals surface area contributed by atoms with Gasteiger partial charge in [-0.1, -0.05) is 6.42 Å². The first-order valence-corrected chi connectivity index (χ1v) is 6.43. The van der Waals surface area contributed by atoms with Crippen molar-refractivity contribution in [1.29, 1.82) is 0 Å². The number of hydrogen-bond donors (Lipinski definition) is 0. The highest BCUT2D eigenvalue weighted by Crippen LogP contribution is 2.35. The molecule has 2 heterocycles. The van der Waals surface area contributed by atoms with Crippen LogP contribution in [0.25, 0.3) is 0 Å². The zero-order valence-corrected chi connectivity index (χ0v) is 9.93. The van der Waals surface area contributed by atoms with E-state index in [0.717, 1.165) is 24.6 Å². The number of carbonyl (C=O) groups is 1. The predicted molar refractivity (Wildman–Crippen MR) is 65.1 cm³/mol. The fourth-order valence-electron chi connectivity index (χ4n) is 2.41. The third-order valence-electron chi connectivity index (χ3n) is 3.84. The molecule has 90 valence electrons. The lowest BCUT2D eigenvalue weighted by molar-refractivity contribution is -0.119. The van der Waals surface area contributed by atoms with E-state index in [-0.39, 0.29) is 0 Å². The smallest absolute Gasteiger partial charge is 0.151 e. The number of hydrogen-bond acceptors (Lipinski definition) is 4. The van der Waals surface area contributed by atoms with Crippen LogP contribution in [0.4, 0.5) is 5.82 Å². The Hall–Kier alpha value is -1.45. The first-order chi connectivity index (χ1) is 8.33. The third-order valence-corrected chi connectivity index (χ3v) is 3.84. The van der Waals surface area contributed by atoms with Crippen LogP contribution in [-0.4, -0.2) is 29.1 Å². The summed E-state index contributed by atoms with van der Waals surface area (Å²) in [5, 5.41) is 8.61. The molecule has 1 aliphatic heterocycles. The molecule has 1 aromatic rings. The maximum atomic E-state index is 11.2. The van der Waals surface area contributed by atoms with Crippen LogP contribution in [-0.2, 0) is 4.79 Å². The highest BCUT2D eigenvalue weighted by Gasteiger charge is 2.22. The van der Waals surface area contributed by atoms with Crippen LogP contribution in [0.5, 0.6) is 0 Å². The number of carbonyl (C=O) groups excluding carboxylic acids is 1. The number of ketones is 1. The van der Waals surface area contributed by atoms with E-state index in [1.165, 1.54) is 19.3 Å². The van der Waals surface area contributed by atoms with E-state index < -0.39 is 0 Å². The maximum absolute atomic E-state index is 11.2. The highest BCUT2D eigenvalue weighted by molar-refractivity contribution is 5.80. The fraction of sp³-hybridized carbons (Fsp3) is 0.615. The minimum atomic E-state index is 0.361. The summed E-state index contributed by atoms with van der Waals surface area (Å²) < 4.78 is 0. The second-order valence-electron chi connectivity index (χ2n) is 4.97. The zero-order valence-electron chi connectivity index (χ0n) is 9.93. The first-order valence-electron chi connectivity index (χ1n) is 6.43. The van der Waals surface area contributed by atoms with Gasteiger partial charge >= 0.3 is 0 Å². The van der Waals surface area contributed by atoms with Gasteiger partial charge in [-0.05, 0) is 25.0 Å². The Morgan fingerprint density at radius 3 is 2.41 bits per heavy atom. The Bertz CT molecular complexity index is 401. The Morgan fingerprint density at radius 1 is 1.12 bits per heavy atom. The minimum absolute atomic E-state index is 0.361. The summed E-state index contributed by atoms with van der Waals surface area (Å²) >= 11 is 0. The van der Waals surface area contributed by atoms with E-state index in [1.54, 1.807) is 0 Å². The SMILES string of the molecule is O=C1CCN(c2ccc(C3CCC3)nn2)CC1. The lowest BCUT2D eigenvalue weighted by Gasteiger charge is -2.28. The van der Waals surface area contributed by atoms with Crippen molar-refractivity contribution in [3.63, 3.8) is 0 Å². The van der Waals surface area contributed by atoms with Crippen molar-refractivity contribution in [2.45, 2.75) is 38.0 Å². The number of aromatic nitrogens is 2. The van der Waals surface area contributed by atoms with E-state index in [4.69, 9.17) is 0 Å². The van der Waals surface area contributed by atoms with Gasteiger partial charge in [-0.2, -0.15) is 5.10 Å². The number of anilines is 1. The Kier molecular flexibility index (Phi) is 2.79. The van der Waals surface area contributed by atoms with E-state index >= 15 is 0 Å². The third kappa shape index (κ3) is 2.16. The number of piperidine rings is 1. The standard InChI is InChI=1S/C13H17N3O/c17-11-6-8-16(9-7-11)13-5-4-12(14-15-13)10-2-1-3-10/h4-5,10H,1-3,6-9H2. The van der Waals surface area contributed by atoms with Gasteiger partial charge in [-0.25, -0.2) is 0 Å². The average Bonchev–Trinajstić information content (AvgIpc) is 2.29. The van der Waals surface area contributed by atoms with E-state index in [2.05, 4.69) is 27.2 Å². The molecule has 0 N–H and O–H groups in total. The van der Waals surface area contributed by atoms with Crippen LogP contribution >= 0.6 is 0 Å². The molecule has 0 aromatic carbocycles. The molecule has 4 heteroatoms. The van der Waals surface area contributed by atoms with Crippen molar-refractivity contribution in [1.82, 2.24) is 10.2 Å². The molecule has 0 atom stereocenters. The molecule has 17 heavy (non-hydrogen) atoms. The minimum Gasteiger partial charge on any atom is -0.354 e. The number of nitrogens with zero attached hydrogens (tertiary/aromatic N) is 3. The summed E-state index contributed by atoms with van der Waals surface area (Å²) in [5.74, 6) is 1.92. The summed E-state index contributed by atoms with van der Waals surface area (Å²) in [6, 6.07) is 4.15. The van der Waals surface area contributed by atoms with E-state index in [0.29, 0.717) is 24.5 Å². The second-order valence-corrected chi connectivity index (χ2v) is 4.97. The van der Waals surface area contributed by atoms with E-state index in [9.17, 15) is 4.79 Å². The van der Waals surface area contributed by atoms with Crippen LogP contribution < -0.4 is 4.90 Å². The Morgan fingerprint density at radius 2 is 1.88 bits per heavy atom. The molecule has 1 aromatic heterocycles. The molecule has 0 bridgehead atoms. The molecule has 2 fully saturated rings. The monoisotopic (exact) mass is 231 g/mol. The molecule has 0 amide bonds. The second kappa shape index (κ2) is 4.43. The average molecular weight is 231 g/mol. The first kappa shape index (κ1) is 10.7. The molecule has 2 aliphatic rings. The summed E-state index contributed by atoms with van der Waals surface area (Å²) in [6.45, 7) is 1.58. The summed E-state index contributed by atoms with van der Waals surface area (Å²) in [7, 11) is 0. The van der Waals surface area contributed by atoms with Crippen molar-refractivity contribution < 1.29 is 4.79 Å². The topological polar surface area (TPSA) is 46.1 Å². The van der Waals surface area contributed by atoms with Crippen LogP contribution in [0.1, 0.15) is 43.7 Å². The van der Waals surface area contributed by atoms with Gasteiger partial charge in [0.15, 0.2) is 5.82 Å². The molecule has 1 saturated carbocycles. The summed E-state index contributed by atoms with van der Waals surface area (Å²) in [4.78, 5) is 13.3. The molecule has 0 radical (unpaired) electrons. The van der Waals surface area contributed by atoms with Crippen molar-refractivity contribution in [3.8, 4) is 0 Å². The maximum Gasteiger partial charge on any atom is 0.151 e. The molecule has 0 spiro atoms. The molecular weight excluding hydrogens is 214 g/mol. The summed E-state index contributed by atoms with van der Waals surface area (Å²) in [6.07, 6.45) is 5.12. The molecule has 4 nitrogen and oxygen atoms in total. The van der Waals surface area contributed by atoms with Gasteiger partial charge in [0.1, 0.15) is 5.78 Å². The zero-order chi connectivity index (χ0) is 11.7. The molecule has 1 saturated heterocycles. The lowest BCUT2D eigenvalue weighted by atomic mass is 9.83. The molecular formula is C13H17N3O. The van der Waals surface area contributed by atoms with Crippen LogP contribution in [0, 0.1) is 0 Å². The van der Waals surface area contributed by atoms with Gasteiger partial charge in [0.2, 0.25) is 0 Å². The Labute approximate surface area is 101 Å². The van der Waals surface area contributed by atoms with Crippen molar-refractivity contribution in [3.05, 3.63) is 17.8 Å². The molecule has 0 unspecified atom stereocenters. The van der Waals surface area contributed by atoms with Crippen LogP contribution in [0.15, 0.2) is 12.1 Å². The molecule has 1 aliphatic carbocycles. The normalized spacial score (nSPS) is 21.4. The van der Waals surface area contributed by atoms with E-state index in [1.807, 2.05) is 0 Å². The van der Waals surface area contributed by atoms with Gasteiger partial charge in [0.25, 0.3) is 0 Å². The predicted octanol–water partition coefficient (Wildman–Crippen LogP) is 1.91. The van der Waals surface area contributed by atoms with Crippen molar-refractivity contribution in [2.24, 2.45) is 0 Å². The van der Waals surface area contributed by atoms with Gasteiger partial charge in [0, 0.05) is 31.8 Å². The molecule has 3 rings (SSSR count).